The number of nitrogens with zero attached hydrogens (tertiary/aromatic N) is 1. The van der Waals surface area contributed by atoms with Crippen molar-refractivity contribution in [1.29, 1.82) is 0 Å². The van der Waals surface area contributed by atoms with Crippen molar-refractivity contribution in [2.45, 2.75) is 26.8 Å². The van der Waals surface area contributed by atoms with Gasteiger partial charge in [-0.3, -0.25) is 14.4 Å². The molecule has 1 atom stereocenters. The third-order valence-electron chi connectivity index (χ3n) is 4.66. The number of hydrogen-bond acceptors (Lipinski definition) is 5. The number of carbonyl (C=O) groups excluding carboxylic acids is 3. The monoisotopic (exact) mass is 472 g/mol. The van der Waals surface area contributed by atoms with Gasteiger partial charge in [-0.15, -0.1) is 11.3 Å². The highest BCUT2D eigenvalue weighted by Gasteiger charge is 2.28. The van der Waals surface area contributed by atoms with Gasteiger partial charge in [-0.2, -0.15) is 0 Å². The molecular weight excluding hydrogens is 450 g/mol. The van der Waals surface area contributed by atoms with Crippen LogP contribution in [0.15, 0.2) is 47.8 Å². The predicted octanol–water partition coefficient (Wildman–Crippen LogP) is 4.44. The summed E-state index contributed by atoms with van der Waals surface area (Å²) in [5.41, 5.74) is 1.31. The van der Waals surface area contributed by atoms with Crippen LogP contribution in [0.25, 0.3) is 11.3 Å². The largest absolute Gasteiger partial charge is 0.340 e. The maximum absolute atomic E-state index is 13.9. The van der Waals surface area contributed by atoms with E-state index in [1.165, 1.54) is 18.3 Å². The second-order valence-corrected chi connectivity index (χ2v) is 8.44. The van der Waals surface area contributed by atoms with Crippen LogP contribution in [0.3, 0.4) is 0 Å². The minimum Gasteiger partial charge on any atom is -0.340 e. The Labute approximate surface area is 193 Å². The van der Waals surface area contributed by atoms with Crippen LogP contribution in [-0.4, -0.2) is 28.7 Å². The topological polar surface area (TPSA) is 100 Å². The van der Waals surface area contributed by atoms with Gasteiger partial charge < -0.3 is 16.0 Å². The average Bonchev–Trinajstić information content (AvgIpc) is 3.20. The van der Waals surface area contributed by atoms with Gasteiger partial charge in [-0.05, 0) is 30.2 Å². The molecule has 0 saturated heterocycles. The molecule has 172 valence electrons. The van der Waals surface area contributed by atoms with E-state index >= 15 is 0 Å². The Morgan fingerprint density at radius 3 is 2.18 bits per heavy atom. The number of carbonyl (C=O) groups is 3. The lowest BCUT2D eigenvalue weighted by molar-refractivity contribution is -0.119. The minimum atomic E-state index is -1.04. The van der Waals surface area contributed by atoms with Crippen LogP contribution in [0.1, 0.15) is 31.1 Å². The number of rotatable bonds is 7. The molecular formula is C23H22F2N4O3S. The molecule has 2 aromatic carbocycles. The molecule has 0 unspecified atom stereocenters. The van der Waals surface area contributed by atoms with Gasteiger partial charge in [-0.1, -0.05) is 32.0 Å². The number of halogens is 2. The van der Waals surface area contributed by atoms with Gasteiger partial charge in [0.2, 0.25) is 11.8 Å². The zero-order valence-electron chi connectivity index (χ0n) is 18.1. The number of nitrogens with one attached hydrogen (secondary N) is 3. The maximum Gasteiger partial charge on any atom is 0.257 e. The highest BCUT2D eigenvalue weighted by molar-refractivity contribution is 7.14. The molecule has 0 fully saturated rings. The van der Waals surface area contributed by atoms with Gasteiger partial charge in [0.1, 0.15) is 23.2 Å². The van der Waals surface area contributed by atoms with Gasteiger partial charge in [0.05, 0.1) is 5.69 Å². The first kappa shape index (κ1) is 24.0. The van der Waals surface area contributed by atoms with E-state index in [4.69, 9.17) is 0 Å². The van der Waals surface area contributed by atoms with Crippen molar-refractivity contribution in [3.05, 3.63) is 65.0 Å². The van der Waals surface area contributed by atoms with Crippen LogP contribution in [0.2, 0.25) is 0 Å². The van der Waals surface area contributed by atoms with Crippen molar-refractivity contribution >= 4 is 39.9 Å². The predicted molar refractivity (Wildman–Crippen MR) is 123 cm³/mol. The molecule has 1 heterocycles. The normalized spacial score (nSPS) is 11.7. The Morgan fingerprint density at radius 1 is 0.970 bits per heavy atom. The zero-order valence-corrected chi connectivity index (χ0v) is 18.9. The quantitative estimate of drug-likeness (QED) is 0.473. The minimum absolute atomic E-state index is 0.175. The summed E-state index contributed by atoms with van der Waals surface area (Å²) in [5.74, 6) is -4.12. The second-order valence-electron chi connectivity index (χ2n) is 7.58. The fourth-order valence-electron chi connectivity index (χ4n) is 3.04. The Bertz CT molecular complexity index is 1160. The highest BCUT2D eigenvalue weighted by atomic mass is 32.1. The lowest BCUT2D eigenvalue weighted by atomic mass is 10.0. The SMILES string of the molecule is CC(=O)Nc1ccc(-c2csc(NC(=O)[C@@H](NC(=O)c3c(F)cccc3F)C(C)C)n2)cc1. The summed E-state index contributed by atoms with van der Waals surface area (Å²) in [5, 5.41) is 9.78. The van der Waals surface area contributed by atoms with E-state index in [0.717, 1.165) is 23.8 Å². The van der Waals surface area contributed by atoms with Crippen molar-refractivity contribution in [3.63, 3.8) is 0 Å². The summed E-state index contributed by atoms with van der Waals surface area (Å²) in [6, 6.07) is 9.10. The molecule has 0 aliphatic heterocycles. The highest BCUT2D eigenvalue weighted by Crippen LogP contribution is 2.26. The third kappa shape index (κ3) is 5.98. The number of anilines is 2. The molecule has 33 heavy (non-hydrogen) atoms. The van der Waals surface area contributed by atoms with Crippen LogP contribution in [0.5, 0.6) is 0 Å². The Morgan fingerprint density at radius 2 is 1.61 bits per heavy atom. The molecule has 3 rings (SSSR count). The van der Waals surface area contributed by atoms with Crippen molar-refractivity contribution in [1.82, 2.24) is 10.3 Å². The Balaban J connectivity index is 1.70. The first-order valence-electron chi connectivity index (χ1n) is 10.0. The van der Waals surface area contributed by atoms with Crippen LogP contribution in [0, 0.1) is 17.6 Å². The summed E-state index contributed by atoms with van der Waals surface area (Å²) < 4.78 is 27.8. The van der Waals surface area contributed by atoms with Crippen LogP contribution in [0.4, 0.5) is 19.6 Å². The first-order chi connectivity index (χ1) is 15.7. The molecule has 3 aromatic rings. The Hall–Kier alpha value is -3.66. The number of amides is 3. The summed E-state index contributed by atoms with van der Waals surface area (Å²) in [6.07, 6.45) is 0. The molecule has 0 aliphatic carbocycles. The zero-order chi connectivity index (χ0) is 24.1. The smallest absolute Gasteiger partial charge is 0.257 e. The third-order valence-corrected chi connectivity index (χ3v) is 5.42. The second kappa shape index (κ2) is 10.3. The Kier molecular flexibility index (Phi) is 7.49. The summed E-state index contributed by atoms with van der Waals surface area (Å²) in [4.78, 5) is 40.7. The summed E-state index contributed by atoms with van der Waals surface area (Å²) in [7, 11) is 0. The first-order valence-corrected chi connectivity index (χ1v) is 10.9. The van der Waals surface area contributed by atoms with E-state index in [1.54, 1.807) is 43.5 Å². The molecule has 10 heteroatoms. The number of aromatic nitrogens is 1. The molecule has 3 amide bonds. The van der Waals surface area contributed by atoms with Gasteiger partial charge in [0.15, 0.2) is 5.13 Å². The van der Waals surface area contributed by atoms with Gasteiger partial charge in [0.25, 0.3) is 5.91 Å². The van der Waals surface area contributed by atoms with Gasteiger partial charge in [-0.25, -0.2) is 13.8 Å². The van der Waals surface area contributed by atoms with E-state index in [1.807, 2.05) is 0 Å². The van der Waals surface area contributed by atoms with Gasteiger partial charge in [0, 0.05) is 23.6 Å². The van der Waals surface area contributed by atoms with Crippen LogP contribution in [-0.2, 0) is 9.59 Å². The van der Waals surface area contributed by atoms with E-state index in [0.29, 0.717) is 16.5 Å². The molecule has 7 nitrogen and oxygen atoms in total. The van der Waals surface area contributed by atoms with E-state index in [-0.39, 0.29) is 11.8 Å². The summed E-state index contributed by atoms with van der Waals surface area (Å²) >= 11 is 1.19. The number of hydrogen-bond donors (Lipinski definition) is 3. The standard InChI is InChI=1S/C23H22F2N4O3S/c1-12(2)20(28-21(31)19-16(24)5-4-6-17(19)25)22(32)29-23-27-18(11-33-23)14-7-9-15(10-8-14)26-13(3)30/h4-12,20H,1-3H3,(H,26,30)(H,28,31)(H,27,29,32)/t20-/m0/s1. The molecule has 0 spiro atoms. The molecule has 3 N–H and O–H groups in total. The fraction of sp³-hybridized carbons (Fsp3) is 0.217. The van der Waals surface area contributed by atoms with Crippen LogP contribution < -0.4 is 16.0 Å². The number of thiazole rings is 1. The number of benzene rings is 2. The average molecular weight is 473 g/mol. The van der Waals surface area contributed by atoms with Crippen molar-refractivity contribution < 1.29 is 23.2 Å². The maximum atomic E-state index is 13.9. The van der Waals surface area contributed by atoms with Crippen LogP contribution >= 0.6 is 11.3 Å². The molecule has 0 aliphatic rings. The van der Waals surface area contributed by atoms with E-state index in [9.17, 15) is 23.2 Å². The van der Waals surface area contributed by atoms with E-state index < -0.39 is 35.1 Å². The summed E-state index contributed by atoms with van der Waals surface area (Å²) in [6.45, 7) is 4.82. The molecule has 0 radical (unpaired) electrons. The van der Waals surface area contributed by atoms with Gasteiger partial charge >= 0.3 is 0 Å². The molecule has 0 saturated carbocycles. The van der Waals surface area contributed by atoms with Crippen molar-refractivity contribution in [2.75, 3.05) is 10.6 Å². The van der Waals surface area contributed by atoms with Crippen molar-refractivity contribution in [3.8, 4) is 11.3 Å². The lowest BCUT2D eigenvalue weighted by Crippen LogP contribution is -2.47. The van der Waals surface area contributed by atoms with Crippen molar-refractivity contribution in [2.24, 2.45) is 5.92 Å². The molecule has 0 bridgehead atoms. The van der Waals surface area contributed by atoms with E-state index in [2.05, 4.69) is 20.9 Å². The molecule has 1 aromatic heterocycles. The lowest BCUT2D eigenvalue weighted by Gasteiger charge is -2.21. The fourth-order valence-corrected chi connectivity index (χ4v) is 3.76.